The van der Waals surface area contributed by atoms with Crippen LogP contribution in [-0.2, 0) is 24.3 Å². The molecule has 2 aliphatic rings. The van der Waals surface area contributed by atoms with E-state index in [0.717, 1.165) is 0 Å². The highest BCUT2D eigenvalue weighted by Gasteiger charge is 2.45. The number of ether oxygens (including phenoxy) is 2. The van der Waals surface area contributed by atoms with Gasteiger partial charge in [0.1, 0.15) is 5.75 Å². The first-order valence-corrected chi connectivity index (χ1v) is 7.51. The maximum absolute atomic E-state index is 12.1. The summed E-state index contributed by atoms with van der Waals surface area (Å²) in [6, 6.07) is 0. The van der Waals surface area contributed by atoms with Crippen LogP contribution in [0, 0.1) is 0 Å². The second-order valence-corrected chi connectivity index (χ2v) is 6.51. The van der Waals surface area contributed by atoms with Crippen LogP contribution in [-0.4, -0.2) is 70.5 Å². The number of rotatable bonds is 3. The van der Waals surface area contributed by atoms with Gasteiger partial charge >= 0.3 is 0 Å². The third-order valence-corrected chi connectivity index (χ3v) is 4.66. The van der Waals surface area contributed by atoms with E-state index in [4.69, 9.17) is 9.47 Å². The van der Waals surface area contributed by atoms with Crippen molar-refractivity contribution in [3.05, 3.63) is 0 Å². The van der Waals surface area contributed by atoms with E-state index in [1.807, 2.05) is 0 Å². The van der Waals surface area contributed by atoms with Gasteiger partial charge in [-0.2, -0.15) is 0 Å². The van der Waals surface area contributed by atoms with Crippen molar-refractivity contribution in [2.45, 2.75) is 12.0 Å². The van der Waals surface area contributed by atoms with E-state index >= 15 is 0 Å². The first-order valence-electron chi connectivity index (χ1n) is 5.86. The van der Waals surface area contributed by atoms with Crippen molar-refractivity contribution in [1.29, 1.82) is 0 Å². The Morgan fingerprint density at radius 3 is 2.61 bits per heavy atom. The Hall–Kier alpha value is -0.700. The number of hydrogen-bond donors (Lipinski definition) is 1. The maximum atomic E-state index is 12.1. The molecule has 0 aromatic rings. The van der Waals surface area contributed by atoms with E-state index in [-0.39, 0.29) is 0 Å². The molecule has 2 aliphatic heterocycles. The Morgan fingerprint density at radius 1 is 1.33 bits per heavy atom. The minimum absolute atomic E-state index is 0.391. The van der Waals surface area contributed by atoms with Gasteiger partial charge in [0.05, 0.1) is 25.4 Å². The molecule has 1 spiro atoms. The summed E-state index contributed by atoms with van der Waals surface area (Å²) in [4.78, 5) is 13.7. The molecule has 1 atom stereocenters. The van der Waals surface area contributed by atoms with Crippen LogP contribution in [0.2, 0.25) is 0 Å². The summed E-state index contributed by atoms with van der Waals surface area (Å²) < 4.78 is 35.8. The van der Waals surface area contributed by atoms with Gasteiger partial charge in [-0.15, -0.1) is 0 Å². The predicted molar refractivity (Wildman–Crippen MR) is 63.5 cm³/mol. The van der Waals surface area contributed by atoms with Crippen molar-refractivity contribution < 1.29 is 22.7 Å². The Balaban J connectivity index is 2.12. The molecule has 0 aromatic heterocycles. The predicted octanol–water partition coefficient (Wildman–Crippen LogP) is -1.45. The lowest BCUT2D eigenvalue weighted by atomic mass is 9.96. The summed E-state index contributed by atoms with van der Waals surface area (Å²) in [6.07, 6.45) is 0.693. The number of nitrogens with zero attached hydrogens (tertiary/aromatic N) is 1. The summed E-state index contributed by atoms with van der Waals surface area (Å²) in [6.45, 7) is 2.26. The third kappa shape index (κ3) is 2.66. The number of amides is 1. The highest BCUT2D eigenvalue weighted by atomic mass is 32.2. The molecule has 2 saturated heterocycles. The van der Waals surface area contributed by atoms with E-state index in [2.05, 4.69) is 4.72 Å². The highest BCUT2D eigenvalue weighted by Crippen LogP contribution is 2.29. The molecule has 0 bridgehead atoms. The van der Waals surface area contributed by atoms with Gasteiger partial charge in [0.25, 0.3) is 0 Å². The van der Waals surface area contributed by atoms with Gasteiger partial charge < -0.3 is 14.4 Å². The zero-order valence-electron chi connectivity index (χ0n) is 10.3. The second-order valence-electron chi connectivity index (χ2n) is 4.59. The Labute approximate surface area is 106 Å². The van der Waals surface area contributed by atoms with Gasteiger partial charge in [-0.3, -0.25) is 4.79 Å². The fraction of sp³-hybridized carbons (Fsp3) is 0.900. The largest absolute Gasteiger partial charge is 0.379 e. The van der Waals surface area contributed by atoms with Crippen molar-refractivity contribution in [1.82, 2.24) is 9.62 Å². The standard InChI is InChI=1S/C10H18N2O5S/c1-11-18(14,15)6-9(13)12-3-5-17-8-10(12)2-4-16-7-10/h11H,2-8H2,1H3. The quantitative estimate of drug-likeness (QED) is 0.683. The first-order chi connectivity index (χ1) is 8.49. The number of hydrogen-bond acceptors (Lipinski definition) is 5. The summed E-state index contributed by atoms with van der Waals surface area (Å²) in [5, 5.41) is 0. The molecule has 2 fully saturated rings. The minimum Gasteiger partial charge on any atom is -0.379 e. The molecule has 2 rings (SSSR count). The van der Waals surface area contributed by atoms with E-state index in [1.165, 1.54) is 7.05 Å². The van der Waals surface area contributed by atoms with E-state index in [0.29, 0.717) is 39.4 Å². The molecule has 0 saturated carbocycles. The normalized spacial score (nSPS) is 28.8. The van der Waals surface area contributed by atoms with Gasteiger partial charge in [0.15, 0.2) is 0 Å². The molecule has 104 valence electrons. The molecule has 0 aliphatic carbocycles. The summed E-state index contributed by atoms with van der Waals surface area (Å²) in [5.41, 5.74) is -0.474. The van der Waals surface area contributed by atoms with Crippen molar-refractivity contribution in [3.63, 3.8) is 0 Å². The monoisotopic (exact) mass is 278 g/mol. The van der Waals surface area contributed by atoms with Crippen LogP contribution >= 0.6 is 0 Å². The topological polar surface area (TPSA) is 84.9 Å². The van der Waals surface area contributed by atoms with Crippen molar-refractivity contribution in [2.75, 3.05) is 45.8 Å². The molecule has 0 aromatic carbocycles. The van der Waals surface area contributed by atoms with Crippen molar-refractivity contribution in [3.8, 4) is 0 Å². The summed E-state index contributed by atoms with van der Waals surface area (Å²) in [7, 11) is -2.24. The molecule has 7 nitrogen and oxygen atoms in total. The molecule has 8 heteroatoms. The van der Waals surface area contributed by atoms with Crippen LogP contribution in [0.3, 0.4) is 0 Å². The van der Waals surface area contributed by atoms with Gasteiger partial charge in [-0.25, -0.2) is 13.1 Å². The van der Waals surface area contributed by atoms with Gasteiger partial charge in [-0.05, 0) is 13.5 Å². The third-order valence-electron chi connectivity index (χ3n) is 3.41. The Morgan fingerprint density at radius 2 is 2.00 bits per heavy atom. The lowest BCUT2D eigenvalue weighted by molar-refractivity contribution is -0.146. The molecular formula is C10H18N2O5S. The fourth-order valence-electron chi connectivity index (χ4n) is 2.36. The van der Waals surface area contributed by atoms with Crippen LogP contribution in [0.4, 0.5) is 0 Å². The number of sulfonamides is 1. The number of nitrogens with one attached hydrogen (secondary N) is 1. The van der Waals surface area contributed by atoms with E-state index in [1.54, 1.807) is 4.90 Å². The molecular weight excluding hydrogens is 260 g/mol. The zero-order valence-corrected chi connectivity index (χ0v) is 11.2. The van der Waals surface area contributed by atoms with Crippen LogP contribution in [0.5, 0.6) is 0 Å². The number of carbonyl (C=O) groups excluding carboxylic acids is 1. The Kier molecular flexibility index (Phi) is 3.90. The van der Waals surface area contributed by atoms with Crippen LogP contribution in [0.15, 0.2) is 0 Å². The second kappa shape index (κ2) is 5.12. The van der Waals surface area contributed by atoms with Gasteiger partial charge in [0.2, 0.25) is 15.9 Å². The van der Waals surface area contributed by atoms with Crippen LogP contribution in [0.25, 0.3) is 0 Å². The van der Waals surface area contributed by atoms with E-state index < -0.39 is 27.2 Å². The lowest BCUT2D eigenvalue weighted by Gasteiger charge is -2.43. The SMILES string of the molecule is CNS(=O)(=O)CC(=O)N1CCOCC12CCOC2. The lowest BCUT2D eigenvalue weighted by Crippen LogP contribution is -2.61. The molecule has 0 radical (unpaired) electrons. The van der Waals surface area contributed by atoms with Gasteiger partial charge in [0, 0.05) is 13.2 Å². The van der Waals surface area contributed by atoms with Crippen molar-refractivity contribution >= 4 is 15.9 Å². The van der Waals surface area contributed by atoms with Crippen LogP contribution < -0.4 is 4.72 Å². The van der Waals surface area contributed by atoms with Crippen LogP contribution in [0.1, 0.15) is 6.42 Å². The highest BCUT2D eigenvalue weighted by molar-refractivity contribution is 7.90. The zero-order chi connectivity index (χ0) is 13.2. The van der Waals surface area contributed by atoms with E-state index in [9.17, 15) is 13.2 Å². The smallest absolute Gasteiger partial charge is 0.239 e. The average Bonchev–Trinajstić information content (AvgIpc) is 2.78. The fourth-order valence-corrected chi connectivity index (χ4v) is 2.98. The number of carbonyl (C=O) groups is 1. The maximum Gasteiger partial charge on any atom is 0.239 e. The first kappa shape index (κ1) is 13.7. The molecule has 2 heterocycles. The van der Waals surface area contributed by atoms with Crippen molar-refractivity contribution in [2.24, 2.45) is 0 Å². The minimum atomic E-state index is -3.54. The summed E-state index contributed by atoms with van der Waals surface area (Å²) in [5.74, 6) is -0.913. The molecule has 1 amide bonds. The molecule has 18 heavy (non-hydrogen) atoms. The molecule has 1 N–H and O–H groups in total. The summed E-state index contributed by atoms with van der Waals surface area (Å²) >= 11 is 0. The Bertz CT molecular complexity index is 416. The average molecular weight is 278 g/mol. The van der Waals surface area contributed by atoms with Gasteiger partial charge in [-0.1, -0.05) is 0 Å². The molecule has 1 unspecified atom stereocenters. The number of morpholine rings is 1.